The molecule has 1 saturated heterocycles. The van der Waals surface area contributed by atoms with Gasteiger partial charge in [0.25, 0.3) is 0 Å². The third kappa shape index (κ3) is 2.13. The Balaban J connectivity index is 2.33. The molecule has 0 aromatic heterocycles. The van der Waals surface area contributed by atoms with Crippen LogP contribution in [0.2, 0.25) is 0 Å². The van der Waals surface area contributed by atoms with Crippen LogP contribution in [-0.4, -0.2) is 29.1 Å². The Labute approximate surface area is 103 Å². The second-order valence-corrected chi connectivity index (χ2v) is 5.03. The minimum atomic E-state index is -0.475. The van der Waals surface area contributed by atoms with Gasteiger partial charge in [-0.3, -0.25) is 4.79 Å². The molecule has 0 aliphatic carbocycles. The number of amides is 1. The lowest BCUT2D eigenvalue weighted by atomic mass is 9.93. The fraction of sp³-hybridized carbons (Fsp3) is 0.417. The monoisotopic (exact) mass is 283 g/mol. The lowest BCUT2D eigenvalue weighted by molar-refractivity contribution is -0.140. The van der Waals surface area contributed by atoms with Crippen LogP contribution < -0.4 is 0 Å². The predicted octanol–water partition coefficient (Wildman–Crippen LogP) is 2.10. The third-order valence-electron chi connectivity index (χ3n) is 3.02. The average Bonchev–Trinajstić information content (AvgIpc) is 2.24. The van der Waals surface area contributed by atoms with Crippen LogP contribution in [0.1, 0.15) is 24.4 Å². The number of rotatable bonds is 1. The number of hydrogen-bond donors (Lipinski definition) is 1. The number of likely N-dealkylation sites (tertiary alicyclic amines) is 1. The highest BCUT2D eigenvalue weighted by atomic mass is 79.9. The van der Waals surface area contributed by atoms with Crippen LogP contribution >= 0.6 is 15.9 Å². The van der Waals surface area contributed by atoms with E-state index in [4.69, 9.17) is 0 Å². The van der Waals surface area contributed by atoms with Gasteiger partial charge in [-0.2, -0.15) is 0 Å². The maximum atomic E-state index is 11.6. The van der Waals surface area contributed by atoms with Crippen LogP contribution in [0.5, 0.6) is 0 Å². The molecule has 2 unspecified atom stereocenters. The number of piperidine rings is 1. The van der Waals surface area contributed by atoms with Gasteiger partial charge in [-0.05, 0) is 24.1 Å². The molecular formula is C12H14BrNO2. The van der Waals surface area contributed by atoms with Crippen molar-refractivity contribution in [2.75, 3.05) is 7.05 Å². The molecule has 0 radical (unpaired) electrons. The standard InChI is InChI=1S/C12H14BrNO2/c1-14-11(16)6-5-10(15)12(14)8-3-2-4-9(13)7-8/h2-4,7,10,12,15H,5-6H2,1H3. The van der Waals surface area contributed by atoms with E-state index in [0.29, 0.717) is 12.8 Å². The molecule has 1 aliphatic heterocycles. The molecule has 1 heterocycles. The van der Waals surface area contributed by atoms with Gasteiger partial charge in [0.15, 0.2) is 0 Å². The Kier molecular flexibility index (Phi) is 3.30. The van der Waals surface area contributed by atoms with Gasteiger partial charge in [0.2, 0.25) is 5.91 Å². The lowest BCUT2D eigenvalue weighted by Gasteiger charge is -2.36. The van der Waals surface area contributed by atoms with Gasteiger partial charge < -0.3 is 10.0 Å². The van der Waals surface area contributed by atoms with E-state index in [9.17, 15) is 9.90 Å². The molecule has 1 aromatic rings. The summed E-state index contributed by atoms with van der Waals surface area (Å²) >= 11 is 3.40. The normalized spacial score (nSPS) is 25.9. The Hall–Kier alpha value is -0.870. The first kappa shape index (κ1) is 11.6. The number of benzene rings is 1. The number of aliphatic hydroxyl groups excluding tert-OH is 1. The molecule has 1 aliphatic rings. The second-order valence-electron chi connectivity index (χ2n) is 4.11. The van der Waals surface area contributed by atoms with Gasteiger partial charge in [0, 0.05) is 17.9 Å². The quantitative estimate of drug-likeness (QED) is 0.858. The smallest absolute Gasteiger partial charge is 0.223 e. The molecule has 1 fully saturated rings. The van der Waals surface area contributed by atoms with Gasteiger partial charge in [-0.1, -0.05) is 28.1 Å². The van der Waals surface area contributed by atoms with Crippen LogP contribution in [0.4, 0.5) is 0 Å². The first-order valence-corrected chi connectivity index (χ1v) is 6.08. The zero-order valence-electron chi connectivity index (χ0n) is 9.06. The summed E-state index contributed by atoms with van der Waals surface area (Å²) in [7, 11) is 1.75. The van der Waals surface area contributed by atoms with Crippen LogP contribution in [0, 0.1) is 0 Å². The number of carbonyl (C=O) groups excluding carboxylic acids is 1. The maximum absolute atomic E-state index is 11.6. The van der Waals surface area contributed by atoms with Crippen molar-refractivity contribution in [3.05, 3.63) is 34.3 Å². The summed E-state index contributed by atoms with van der Waals surface area (Å²) in [6, 6.07) is 7.51. The highest BCUT2D eigenvalue weighted by Gasteiger charge is 2.33. The molecule has 0 spiro atoms. The number of likely N-dealkylation sites (N-methyl/N-ethyl adjacent to an activating group) is 1. The fourth-order valence-electron chi connectivity index (χ4n) is 2.16. The topological polar surface area (TPSA) is 40.5 Å². The van der Waals surface area contributed by atoms with Crippen LogP contribution in [0.15, 0.2) is 28.7 Å². The molecule has 1 N–H and O–H groups in total. The fourth-order valence-corrected chi connectivity index (χ4v) is 2.57. The van der Waals surface area contributed by atoms with Crippen molar-refractivity contribution in [2.24, 2.45) is 0 Å². The lowest BCUT2D eigenvalue weighted by Crippen LogP contribution is -2.42. The zero-order chi connectivity index (χ0) is 11.7. The van der Waals surface area contributed by atoms with Gasteiger partial charge in [0.1, 0.15) is 0 Å². The highest BCUT2D eigenvalue weighted by Crippen LogP contribution is 2.31. The summed E-state index contributed by atoms with van der Waals surface area (Å²) in [4.78, 5) is 13.2. The van der Waals surface area contributed by atoms with Crippen LogP contribution in [0.25, 0.3) is 0 Å². The molecule has 3 nitrogen and oxygen atoms in total. The first-order chi connectivity index (χ1) is 7.59. The third-order valence-corrected chi connectivity index (χ3v) is 3.51. The largest absolute Gasteiger partial charge is 0.391 e. The molecule has 4 heteroatoms. The van der Waals surface area contributed by atoms with Crippen molar-refractivity contribution in [3.63, 3.8) is 0 Å². The van der Waals surface area contributed by atoms with Crippen molar-refractivity contribution in [1.29, 1.82) is 0 Å². The number of hydrogen-bond acceptors (Lipinski definition) is 2. The SMILES string of the molecule is CN1C(=O)CCC(O)C1c1cccc(Br)c1. The van der Waals surface area contributed by atoms with E-state index >= 15 is 0 Å². The van der Waals surface area contributed by atoms with E-state index < -0.39 is 6.10 Å². The molecule has 0 bridgehead atoms. The summed E-state index contributed by atoms with van der Waals surface area (Å²) in [5, 5.41) is 9.99. The minimum Gasteiger partial charge on any atom is -0.391 e. The molecule has 16 heavy (non-hydrogen) atoms. The molecular weight excluding hydrogens is 270 g/mol. The summed E-state index contributed by atoms with van der Waals surface area (Å²) in [6.07, 6.45) is 0.500. The van der Waals surface area contributed by atoms with Gasteiger partial charge >= 0.3 is 0 Å². The summed E-state index contributed by atoms with van der Waals surface area (Å²) in [5.74, 6) is 0.0928. The molecule has 0 saturated carbocycles. The van der Waals surface area contributed by atoms with Gasteiger partial charge in [-0.15, -0.1) is 0 Å². The van der Waals surface area contributed by atoms with E-state index in [1.807, 2.05) is 24.3 Å². The van der Waals surface area contributed by atoms with Crippen molar-refractivity contribution >= 4 is 21.8 Å². The Bertz CT molecular complexity index is 408. The van der Waals surface area contributed by atoms with Crippen molar-refractivity contribution < 1.29 is 9.90 Å². The molecule has 86 valence electrons. The molecule has 2 atom stereocenters. The van der Waals surface area contributed by atoms with Crippen LogP contribution in [-0.2, 0) is 4.79 Å². The van der Waals surface area contributed by atoms with E-state index in [1.165, 1.54) is 0 Å². The Morgan fingerprint density at radius 1 is 1.50 bits per heavy atom. The number of nitrogens with zero attached hydrogens (tertiary/aromatic N) is 1. The summed E-state index contributed by atoms with van der Waals surface area (Å²) in [6.45, 7) is 0. The highest BCUT2D eigenvalue weighted by molar-refractivity contribution is 9.10. The average molecular weight is 284 g/mol. The first-order valence-electron chi connectivity index (χ1n) is 5.29. The van der Waals surface area contributed by atoms with E-state index in [1.54, 1.807) is 11.9 Å². The van der Waals surface area contributed by atoms with Gasteiger partial charge in [0.05, 0.1) is 12.1 Å². The molecule has 1 amide bonds. The summed E-state index contributed by atoms with van der Waals surface area (Å²) < 4.78 is 0.962. The predicted molar refractivity (Wildman–Crippen MR) is 64.9 cm³/mol. The van der Waals surface area contributed by atoms with Gasteiger partial charge in [-0.25, -0.2) is 0 Å². The van der Waals surface area contributed by atoms with Crippen LogP contribution in [0.3, 0.4) is 0 Å². The summed E-state index contributed by atoms with van der Waals surface area (Å²) in [5.41, 5.74) is 0.970. The van der Waals surface area contributed by atoms with Crippen molar-refractivity contribution in [3.8, 4) is 0 Å². The Morgan fingerprint density at radius 3 is 2.94 bits per heavy atom. The number of aliphatic hydroxyl groups is 1. The number of carbonyl (C=O) groups is 1. The molecule has 1 aromatic carbocycles. The molecule has 2 rings (SSSR count). The van der Waals surface area contributed by atoms with Crippen molar-refractivity contribution in [1.82, 2.24) is 4.90 Å². The van der Waals surface area contributed by atoms with E-state index in [-0.39, 0.29) is 11.9 Å². The van der Waals surface area contributed by atoms with E-state index in [0.717, 1.165) is 10.0 Å². The maximum Gasteiger partial charge on any atom is 0.223 e. The van der Waals surface area contributed by atoms with Crippen molar-refractivity contribution in [2.45, 2.75) is 25.0 Å². The number of halogens is 1. The minimum absolute atomic E-state index is 0.0928. The van der Waals surface area contributed by atoms with E-state index in [2.05, 4.69) is 15.9 Å². The Morgan fingerprint density at radius 2 is 2.25 bits per heavy atom. The second kappa shape index (κ2) is 4.55. The zero-order valence-corrected chi connectivity index (χ0v) is 10.6.